The van der Waals surface area contributed by atoms with Crippen LogP contribution in [0.5, 0.6) is 0 Å². The first kappa shape index (κ1) is 16.1. The van der Waals surface area contributed by atoms with Gasteiger partial charge in [0.05, 0.1) is 19.1 Å². The Bertz CT molecular complexity index is 286. The van der Waals surface area contributed by atoms with Crippen LogP contribution >= 0.6 is 0 Å². The molecule has 0 bridgehead atoms. The first-order valence-electron chi connectivity index (χ1n) is 6.69. The number of hydrogen-bond acceptors (Lipinski definition) is 2. The van der Waals surface area contributed by atoms with Crippen LogP contribution < -0.4 is 10.6 Å². The van der Waals surface area contributed by atoms with Crippen molar-refractivity contribution in [3.05, 3.63) is 0 Å². The van der Waals surface area contributed by atoms with Crippen molar-refractivity contribution in [1.29, 1.82) is 0 Å². The molecule has 0 atom stereocenters. The SMILES string of the molecule is CCNC(=NCCO)NC1CCC(C(F)(F)F)CC1. The van der Waals surface area contributed by atoms with Crippen LogP contribution in [0.4, 0.5) is 13.2 Å². The minimum absolute atomic E-state index is 0.0232. The second-order valence-electron chi connectivity index (χ2n) is 4.72. The number of halogens is 3. The van der Waals surface area contributed by atoms with E-state index in [1.54, 1.807) is 0 Å². The molecule has 7 heteroatoms. The van der Waals surface area contributed by atoms with Gasteiger partial charge in [0.2, 0.25) is 0 Å². The first-order valence-corrected chi connectivity index (χ1v) is 6.69. The number of aliphatic imine (C=N–C) groups is 1. The third-order valence-electron chi connectivity index (χ3n) is 3.25. The van der Waals surface area contributed by atoms with E-state index in [1.165, 1.54) is 0 Å². The lowest BCUT2D eigenvalue weighted by molar-refractivity contribution is -0.182. The average molecular weight is 281 g/mol. The Labute approximate surface area is 111 Å². The van der Waals surface area contributed by atoms with Crippen molar-refractivity contribution < 1.29 is 18.3 Å². The number of hydrogen-bond donors (Lipinski definition) is 3. The van der Waals surface area contributed by atoms with Crippen LogP contribution in [0.2, 0.25) is 0 Å². The highest BCUT2D eigenvalue weighted by Gasteiger charge is 2.41. The summed E-state index contributed by atoms with van der Waals surface area (Å²) < 4.78 is 37.6. The highest BCUT2D eigenvalue weighted by molar-refractivity contribution is 5.80. The molecule has 0 aliphatic heterocycles. The molecule has 19 heavy (non-hydrogen) atoms. The number of alkyl halides is 3. The van der Waals surface area contributed by atoms with Crippen molar-refractivity contribution in [2.24, 2.45) is 10.9 Å². The van der Waals surface area contributed by atoms with Crippen molar-refractivity contribution in [3.8, 4) is 0 Å². The molecule has 0 aromatic carbocycles. The van der Waals surface area contributed by atoms with Gasteiger partial charge >= 0.3 is 6.18 Å². The molecule has 112 valence electrons. The molecule has 1 rings (SSSR count). The monoisotopic (exact) mass is 281 g/mol. The summed E-state index contributed by atoms with van der Waals surface area (Å²) in [4.78, 5) is 4.12. The maximum atomic E-state index is 12.5. The van der Waals surface area contributed by atoms with E-state index in [4.69, 9.17) is 5.11 Å². The topological polar surface area (TPSA) is 56.7 Å². The standard InChI is InChI=1S/C12H22F3N3O/c1-2-16-11(17-7-8-19)18-10-5-3-9(4-6-10)12(13,14)15/h9-10,19H,2-8H2,1H3,(H2,16,17,18). The predicted octanol–water partition coefficient (Wildman–Crippen LogP) is 1.65. The lowest BCUT2D eigenvalue weighted by Gasteiger charge is -2.31. The van der Waals surface area contributed by atoms with E-state index in [2.05, 4.69) is 15.6 Å². The van der Waals surface area contributed by atoms with Crippen molar-refractivity contribution >= 4 is 5.96 Å². The fourth-order valence-corrected chi connectivity index (χ4v) is 2.24. The lowest BCUT2D eigenvalue weighted by Crippen LogP contribution is -2.46. The predicted molar refractivity (Wildman–Crippen MR) is 68.0 cm³/mol. The molecular formula is C12H22F3N3O. The van der Waals surface area contributed by atoms with Crippen LogP contribution in [0.1, 0.15) is 32.6 Å². The number of nitrogens with zero attached hydrogens (tertiary/aromatic N) is 1. The summed E-state index contributed by atoms with van der Waals surface area (Å²) in [6.07, 6.45) is -2.75. The van der Waals surface area contributed by atoms with Gasteiger partial charge < -0.3 is 15.7 Å². The Hall–Kier alpha value is -0.980. The molecule has 0 heterocycles. The van der Waals surface area contributed by atoms with Gasteiger partial charge in [-0.25, -0.2) is 0 Å². The minimum atomic E-state index is -4.07. The fraction of sp³-hybridized carbons (Fsp3) is 0.917. The summed E-state index contributed by atoms with van der Waals surface area (Å²) >= 11 is 0. The van der Waals surface area contributed by atoms with Crippen molar-refractivity contribution in [1.82, 2.24) is 10.6 Å². The Morgan fingerprint density at radius 1 is 1.26 bits per heavy atom. The van der Waals surface area contributed by atoms with E-state index in [-0.39, 0.29) is 32.0 Å². The molecule has 0 amide bonds. The number of aliphatic hydroxyl groups excluding tert-OH is 1. The molecule has 0 radical (unpaired) electrons. The second-order valence-corrected chi connectivity index (χ2v) is 4.72. The van der Waals surface area contributed by atoms with Gasteiger partial charge in [-0.3, -0.25) is 4.99 Å². The van der Waals surface area contributed by atoms with E-state index in [1.807, 2.05) is 6.92 Å². The van der Waals surface area contributed by atoms with Crippen LogP contribution in [-0.2, 0) is 0 Å². The number of nitrogens with one attached hydrogen (secondary N) is 2. The molecule has 1 aliphatic rings. The van der Waals surface area contributed by atoms with Gasteiger partial charge in [-0.2, -0.15) is 13.2 Å². The second kappa shape index (κ2) is 7.57. The van der Waals surface area contributed by atoms with Gasteiger partial charge in [-0.05, 0) is 32.6 Å². The van der Waals surface area contributed by atoms with Gasteiger partial charge in [0.1, 0.15) is 0 Å². The summed E-state index contributed by atoms with van der Waals surface area (Å²) in [6, 6.07) is 0.0232. The Morgan fingerprint density at radius 2 is 1.89 bits per heavy atom. The average Bonchev–Trinajstić information content (AvgIpc) is 2.36. The van der Waals surface area contributed by atoms with Crippen molar-refractivity contribution in [3.63, 3.8) is 0 Å². The fourth-order valence-electron chi connectivity index (χ4n) is 2.24. The number of guanidine groups is 1. The Balaban J connectivity index is 2.42. The van der Waals surface area contributed by atoms with Gasteiger partial charge in [0, 0.05) is 12.6 Å². The molecule has 1 saturated carbocycles. The Morgan fingerprint density at radius 3 is 2.37 bits per heavy atom. The molecule has 1 fully saturated rings. The highest BCUT2D eigenvalue weighted by atomic mass is 19.4. The third kappa shape index (κ3) is 5.67. The van der Waals surface area contributed by atoms with Crippen molar-refractivity contribution in [2.75, 3.05) is 19.7 Å². The molecule has 0 unspecified atom stereocenters. The molecule has 0 saturated heterocycles. The van der Waals surface area contributed by atoms with E-state index in [0.29, 0.717) is 25.3 Å². The van der Waals surface area contributed by atoms with Crippen LogP contribution in [-0.4, -0.2) is 43.0 Å². The van der Waals surface area contributed by atoms with Gasteiger partial charge in [0.25, 0.3) is 0 Å². The number of rotatable bonds is 4. The summed E-state index contributed by atoms with van der Waals surface area (Å²) in [7, 11) is 0. The lowest BCUT2D eigenvalue weighted by atomic mass is 9.85. The molecule has 0 spiro atoms. The largest absolute Gasteiger partial charge is 0.394 e. The van der Waals surface area contributed by atoms with E-state index < -0.39 is 12.1 Å². The normalized spacial score (nSPS) is 25.2. The van der Waals surface area contributed by atoms with E-state index in [9.17, 15) is 13.2 Å². The van der Waals surface area contributed by atoms with Gasteiger partial charge in [0.15, 0.2) is 5.96 Å². The zero-order valence-corrected chi connectivity index (χ0v) is 11.1. The van der Waals surface area contributed by atoms with Gasteiger partial charge in [-0.1, -0.05) is 0 Å². The Kier molecular flexibility index (Phi) is 6.41. The maximum Gasteiger partial charge on any atom is 0.391 e. The highest BCUT2D eigenvalue weighted by Crippen LogP contribution is 2.37. The first-order chi connectivity index (χ1) is 8.97. The third-order valence-corrected chi connectivity index (χ3v) is 3.25. The molecule has 1 aliphatic carbocycles. The van der Waals surface area contributed by atoms with Crippen molar-refractivity contribution in [2.45, 2.75) is 44.8 Å². The molecular weight excluding hydrogens is 259 g/mol. The number of aliphatic hydroxyl groups is 1. The van der Waals surface area contributed by atoms with Gasteiger partial charge in [-0.15, -0.1) is 0 Å². The van der Waals surface area contributed by atoms with E-state index in [0.717, 1.165) is 0 Å². The molecule has 4 nitrogen and oxygen atoms in total. The molecule has 3 N–H and O–H groups in total. The minimum Gasteiger partial charge on any atom is -0.394 e. The van der Waals surface area contributed by atoms with Crippen LogP contribution in [0.3, 0.4) is 0 Å². The van der Waals surface area contributed by atoms with Crippen LogP contribution in [0, 0.1) is 5.92 Å². The zero-order valence-electron chi connectivity index (χ0n) is 11.1. The summed E-state index contributed by atoms with van der Waals surface area (Å²) in [5.41, 5.74) is 0. The van der Waals surface area contributed by atoms with E-state index >= 15 is 0 Å². The van der Waals surface area contributed by atoms with Crippen LogP contribution in [0.25, 0.3) is 0 Å². The molecule has 0 aromatic heterocycles. The maximum absolute atomic E-state index is 12.5. The summed E-state index contributed by atoms with van der Waals surface area (Å²) in [5, 5.41) is 14.9. The van der Waals surface area contributed by atoms with Crippen LogP contribution in [0.15, 0.2) is 4.99 Å². The summed E-state index contributed by atoms with van der Waals surface area (Å²) in [6.45, 7) is 2.83. The summed E-state index contributed by atoms with van der Waals surface area (Å²) in [5.74, 6) is -0.602. The molecule has 0 aromatic rings. The smallest absolute Gasteiger partial charge is 0.391 e. The quantitative estimate of drug-likeness (QED) is 0.542. The zero-order chi connectivity index (χ0) is 14.3.